The first-order valence-electron chi connectivity index (χ1n) is 5.67. The second kappa shape index (κ2) is 5.83. The molecular weight excluding hydrogens is 263 g/mol. The van der Waals surface area contributed by atoms with Crippen LogP contribution in [0.2, 0.25) is 0 Å². The maximum absolute atomic E-state index is 12.9. The number of phenols is 2. The second-order valence-corrected chi connectivity index (χ2v) is 3.96. The minimum Gasteiger partial charge on any atom is -0.508 e. The molecule has 0 fully saturated rings. The van der Waals surface area contributed by atoms with Gasteiger partial charge < -0.3 is 10.2 Å². The van der Waals surface area contributed by atoms with Gasteiger partial charge in [-0.3, -0.25) is 4.79 Å². The van der Waals surface area contributed by atoms with Crippen molar-refractivity contribution in [3.63, 3.8) is 0 Å². The van der Waals surface area contributed by atoms with E-state index in [0.717, 1.165) is 6.07 Å². The third-order valence-electron chi connectivity index (χ3n) is 2.45. The van der Waals surface area contributed by atoms with Crippen LogP contribution in [0.5, 0.6) is 11.5 Å². The number of phenolic OH excluding ortho intramolecular Hbond substituents is 2. The molecule has 6 heteroatoms. The Morgan fingerprint density at radius 1 is 1.20 bits per heavy atom. The van der Waals surface area contributed by atoms with Crippen LogP contribution in [0.3, 0.4) is 0 Å². The van der Waals surface area contributed by atoms with Crippen LogP contribution < -0.4 is 5.43 Å². The van der Waals surface area contributed by atoms with E-state index >= 15 is 0 Å². The normalized spacial score (nSPS) is 10.7. The number of hydrogen-bond acceptors (Lipinski definition) is 4. The van der Waals surface area contributed by atoms with Gasteiger partial charge in [0.2, 0.25) is 0 Å². The number of hydrazone groups is 1. The Morgan fingerprint density at radius 2 is 2.00 bits per heavy atom. The SMILES string of the molecule is O=C(NN=Cc1cccc(F)c1)c1ccc(O)cc1O. The van der Waals surface area contributed by atoms with Crippen LogP contribution >= 0.6 is 0 Å². The maximum atomic E-state index is 12.9. The van der Waals surface area contributed by atoms with Gasteiger partial charge in [-0.1, -0.05) is 12.1 Å². The van der Waals surface area contributed by atoms with Crippen molar-refractivity contribution >= 4 is 12.1 Å². The summed E-state index contributed by atoms with van der Waals surface area (Å²) < 4.78 is 12.9. The van der Waals surface area contributed by atoms with Crippen molar-refractivity contribution in [2.75, 3.05) is 0 Å². The number of carbonyl (C=O) groups excluding carboxylic acids is 1. The molecule has 0 aliphatic rings. The summed E-state index contributed by atoms with van der Waals surface area (Å²) in [7, 11) is 0. The number of hydrogen-bond donors (Lipinski definition) is 3. The van der Waals surface area contributed by atoms with E-state index in [1.165, 1.54) is 36.5 Å². The third kappa shape index (κ3) is 3.32. The van der Waals surface area contributed by atoms with Gasteiger partial charge in [-0.2, -0.15) is 5.10 Å². The molecule has 2 aromatic carbocycles. The van der Waals surface area contributed by atoms with Crippen molar-refractivity contribution in [2.24, 2.45) is 5.10 Å². The lowest BCUT2D eigenvalue weighted by Crippen LogP contribution is -2.17. The number of rotatable bonds is 3. The lowest BCUT2D eigenvalue weighted by Gasteiger charge is -2.03. The number of carbonyl (C=O) groups is 1. The first-order chi connectivity index (χ1) is 9.56. The third-order valence-corrected chi connectivity index (χ3v) is 2.45. The van der Waals surface area contributed by atoms with E-state index in [0.29, 0.717) is 5.56 Å². The van der Waals surface area contributed by atoms with Gasteiger partial charge in [0.05, 0.1) is 11.8 Å². The Kier molecular flexibility index (Phi) is 3.95. The second-order valence-electron chi connectivity index (χ2n) is 3.96. The molecule has 0 aliphatic carbocycles. The van der Waals surface area contributed by atoms with Crippen molar-refractivity contribution in [3.05, 3.63) is 59.4 Å². The highest BCUT2D eigenvalue weighted by Crippen LogP contribution is 2.22. The summed E-state index contributed by atoms with van der Waals surface area (Å²) in [5.74, 6) is -1.56. The first-order valence-corrected chi connectivity index (χ1v) is 5.67. The van der Waals surface area contributed by atoms with Crippen LogP contribution in [0.25, 0.3) is 0 Å². The zero-order chi connectivity index (χ0) is 14.5. The van der Waals surface area contributed by atoms with Gasteiger partial charge in [-0.15, -0.1) is 0 Å². The Bertz CT molecular complexity index is 671. The fourth-order valence-corrected chi connectivity index (χ4v) is 1.52. The van der Waals surface area contributed by atoms with E-state index in [-0.39, 0.29) is 17.1 Å². The molecule has 0 bridgehead atoms. The number of amides is 1. The summed E-state index contributed by atoms with van der Waals surface area (Å²) in [6.07, 6.45) is 1.28. The highest BCUT2D eigenvalue weighted by atomic mass is 19.1. The van der Waals surface area contributed by atoms with Crippen molar-refractivity contribution in [1.29, 1.82) is 0 Å². The molecule has 2 aromatic rings. The van der Waals surface area contributed by atoms with Crippen molar-refractivity contribution in [3.8, 4) is 11.5 Å². The molecule has 0 saturated carbocycles. The monoisotopic (exact) mass is 274 g/mol. The first kappa shape index (κ1) is 13.5. The van der Waals surface area contributed by atoms with Gasteiger partial charge in [0, 0.05) is 6.07 Å². The van der Waals surface area contributed by atoms with E-state index in [2.05, 4.69) is 10.5 Å². The summed E-state index contributed by atoms with van der Waals surface area (Å²) in [4.78, 5) is 11.7. The van der Waals surface area contributed by atoms with Gasteiger partial charge in [0.15, 0.2) is 0 Å². The zero-order valence-corrected chi connectivity index (χ0v) is 10.2. The molecule has 5 nitrogen and oxygen atoms in total. The highest BCUT2D eigenvalue weighted by Gasteiger charge is 2.10. The molecule has 1 amide bonds. The Morgan fingerprint density at radius 3 is 2.70 bits per heavy atom. The number of nitrogens with one attached hydrogen (secondary N) is 1. The Balaban J connectivity index is 2.05. The molecule has 3 N–H and O–H groups in total. The molecule has 0 aliphatic heterocycles. The van der Waals surface area contributed by atoms with Crippen LogP contribution in [0.4, 0.5) is 4.39 Å². The van der Waals surface area contributed by atoms with Gasteiger partial charge in [0.25, 0.3) is 5.91 Å². The highest BCUT2D eigenvalue weighted by molar-refractivity contribution is 5.97. The standard InChI is InChI=1S/C14H11FN2O3/c15-10-3-1-2-9(6-10)8-16-17-14(20)12-5-4-11(18)7-13(12)19/h1-8,18-19H,(H,17,20). The Hall–Kier alpha value is -2.89. The predicted molar refractivity (Wildman–Crippen MR) is 71.2 cm³/mol. The minimum absolute atomic E-state index is 0.0285. The van der Waals surface area contributed by atoms with Crippen molar-refractivity contribution in [1.82, 2.24) is 5.43 Å². The molecule has 2 rings (SSSR count). The fourth-order valence-electron chi connectivity index (χ4n) is 1.52. The molecule has 0 spiro atoms. The number of benzene rings is 2. The minimum atomic E-state index is -0.643. The van der Waals surface area contributed by atoms with E-state index in [9.17, 15) is 14.3 Å². The quantitative estimate of drug-likeness (QED) is 0.591. The number of aromatic hydroxyl groups is 2. The molecule has 0 atom stereocenters. The smallest absolute Gasteiger partial charge is 0.275 e. The maximum Gasteiger partial charge on any atom is 0.275 e. The number of halogens is 1. The largest absolute Gasteiger partial charge is 0.508 e. The average molecular weight is 274 g/mol. The topological polar surface area (TPSA) is 81.9 Å². The van der Waals surface area contributed by atoms with Crippen LogP contribution in [0, 0.1) is 5.82 Å². The molecule has 0 radical (unpaired) electrons. The molecular formula is C14H11FN2O3. The molecule has 102 valence electrons. The van der Waals surface area contributed by atoms with Gasteiger partial charge in [-0.25, -0.2) is 9.82 Å². The summed E-state index contributed by atoms with van der Waals surface area (Å²) in [5.41, 5.74) is 2.65. The van der Waals surface area contributed by atoms with E-state index in [1.54, 1.807) is 6.07 Å². The lowest BCUT2D eigenvalue weighted by molar-refractivity contribution is 0.0952. The molecule has 0 unspecified atom stereocenters. The predicted octanol–water partition coefficient (Wildman–Crippen LogP) is 2.00. The summed E-state index contributed by atoms with van der Waals surface area (Å²) in [5, 5.41) is 22.3. The average Bonchev–Trinajstić information content (AvgIpc) is 2.38. The zero-order valence-electron chi connectivity index (χ0n) is 10.2. The summed E-state index contributed by atoms with van der Waals surface area (Å²) >= 11 is 0. The van der Waals surface area contributed by atoms with Crippen molar-refractivity contribution in [2.45, 2.75) is 0 Å². The van der Waals surface area contributed by atoms with Crippen LogP contribution in [-0.2, 0) is 0 Å². The van der Waals surface area contributed by atoms with Crippen LogP contribution in [-0.4, -0.2) is 22.3 Å². The van der Waals surface area contributed by atoms with E-state index in [1.807, 2.05) is 0 Å². The molecule has 20 heavy (non-hydrogen) atoms. The van der Waals surface area contributed by atoms with Crippen LogP contribution in [0.15, 0.2) is 47.6 Å². The Labute approximate surface area is 114 Å². The van der Waals surface area contributed by atoms with E-state index < -0.39 is 11.7 Å². The van der Waals surface area contributed by atoms with Gasteiger partial charge >= 0.3 is 0 Å². The van der Waals surface area contributed by atoms with Crippen LogP contribution in [0.1, 0.15) is 15.9 Å². The van der Waals surface area contributed by atoms with Crippen molar-refractivity contribution < 1.29 is 19.4 Å². The summed E-state index contributed by atoms with van der Waals surface area (Å²) in [6.45, 7) is 0. The fraction of sp³-hybridized carbons (Fsp3) is 0. The summed E-state index contributed by atoms with van der Waals surface area (Å²) in [6, 6.07) is 9.27. The van der Waals surface area contributed by atoms with Gasteiger partial charge in [-0.05, 0) is 29.8 Å². The van der Waals surface area contributed by atoms with E-state index in [4.69, 9.17) is 5.11 Å². The molecule has 0 aromatic heterocycles. The molecule has 0 saturated heterocycles. The number of nitrogens with zero attached hydrogens (tertiary/aromatic N) is 1. The lowest BCUT2D eigenvalue weighted by atomic mass is 10.2. The molecule has 0 heterocycles. The van der Waals surface area contributed by atoms with Gasteiger partial charge in [0.1, 0.15) is 17.3 Å².